The van der Waals surface area contributed by atoms with Crippen LogP contribution in [0.2, 0.25) is 0 Å². The third kappa shape index (κ3) is 3.22. The Hall–Kier alpha value is -3.39. The first-order valence-corrected chi connectivity index (χ1v) is 8.52. The van der Waals surface area contributed by atoms with Gasteiger partial charge in [-0.15, -0.1) is 0 Å². The van der Waals surface area contributed by atoms with Crippen molar-refractivity contribution < 1.29 is 9.53 Å². The highest BCUT2D eigenvalue weighted by Gasteiger charge is 2.03. The molecule has 4 aromatic carbocycles. The maximum absolute atomic E-state index is 12.5. The van der Waals surface area contributed by atoms with Gasteiger partial charge in [-0.25, -0.2) is 0 Å². The van der Waals surface area contributed by atoms with Crippen LogP contribution in [0.15, 0.2) is 84.9 Å². The second-order valence-corrected chi connectivity index (χ2v) is 6.23. The summed E-state index contributed by atoms with van der Waals surface area (Å²) in [4.78, 5) is 12.5. The van der Waals surface area contributed by atoms with E-state index in [1.54, 1.807) is 13.2 Å². The van der Waals surface area contributed by atoms with Crippen molar-refractivity contribution >= 4 is 33.4 Å². The normalized spacial score (nSPS) is 11.3. The van der Waals surface area contributed by atoms with Gasteiger partial charge in [0.15, 0.2) is 5.78 Å². The van der Waals surface area contributed by atoms with Gasteiger partial charge >= 0.3 is 0 Å². The molecule has 0 aliphatic carbocycles. The third-order valence-corrected chi connectivity index (χ3v) is 4.53. The molecule has 0 N–H and O–H groups in total. The van der Waals surface area contributed by atoms with E-state index in [4.69, 9.17) is 4.74 Å². The maximum Gasteiger partial charge on any atom is 0.185 e. The van der Waals surface area contributed by atoms with Gasteiger partial charge in [-0.3, -0.25) is 4.79 Å². The molecule has 0 spiro atoms. The molecule has 0 radical (unpaired) electrons. The molecule has 4 aromatic rings. The molecule has 0 aliphatic rings. The second kappa shape index (κ2) is 6.85. The molecule has 2 nitrogen and oxygen atoms in total. The molecule has 26 heavy (non-hydrogen) atoms. The van der Waals surface area contributed by atoms with Crippen LogP contribution in [-0.4, -0.2) is 12.9 Å². The summed E-state index contributed by atoms with van der Waals surface area (Å²) < 4.78 is 5.25. The zero-order valence-corrected chi connectivity index (χ0v) is 14.5. The van der Waals surface area contributed by atoms with Crippen molar-refractivity contribution in [2.45, 2.75) is 0 Å². The first-order chi connectivity index (χ1) is 12.7. The minimum absolute atomic E-state index is 0.00517. The van der Waals surface area contributed by atoms with Crippen molar-refractivity contribution in [1.82, 2.24) is 0 Å². The van der Waals surface area contributed by atoms with Crippen LogP contribution in [0.25, 0.3) is 27.6 Å². The molecule has 0 aromatic heterocycles. The van der Waals surface area contributed by atoms with Gasteiger partial charge in [-0.05, 0) is 57.4 Å². The van der Waals surface area contributed by atoms with Crippen molar-refractivity contribution in [3.05, 3.63) is 96.1 Å². The molecule has 0 saturated heterocycles. The number of benzene rings is 4. The number of allylic oxidation sites excluding steroid dienone is 1. The lowest BCUT2D eigenvalue weighted by Crippen LogP contribution is -1.93. The Morgan fingerprint density at radius 2 is 1.46 bits per heavy atom. The van der Waals surface area contributed by atoms with Crippen LogP contribution in [0.4, 0.5) is 0 Å². The fourth-order valence-corrected chi connectivity index (χ4v) is 3.08. The Labute approximate surface area is 152 Å². The van der Waals surface area contributed by atoms with Crippen molar-refractivity contribution in [3.8, 4) is 5.75 Å². The topological polar surface area (TPSA) is 26.3 Å². The van der Waals surface area contributed by atoms with Crippen molar-refractivity contribution in [2.75, 3.05) is 7.11 Å². The third-order valence-electron chi connectivity index (χ3n) is 4.53. The highest BCUT2D eigenvalue weighted by atomic mass is 16.5. The van der Waals surface area contributed by atoms with Crippen LogP contribution >= 0.6 is 0 Å². The largest absolute Gasteiger partial charge is 0.497 e. The molecule has 0 atom stereocenters. The van der Waals surface area contributed by atoms with Crippen LogP contribution in [0.1, 0.15) is 15.9 Å². The molecule has 4 rings (SSSR count). The number of rotatable bonds is 4. The molecule has 0 fully saturated rings. The number of hydrogen-bond acceptors (Lipinski definition) is 2. The van der Waals surface area contributed by atoms with E-state index in [0.717, 1.165) is 32.9 Å². The quantitative estimate of drug-likeness (QED) is 0.342. The van der Waals surface area contributed by atoms with Crippen molar-refractivity contribution in [2.24, 2.45) is 0 Å². The van der Waals surface area contributed by atoms with Crippen molar-refractivity contribution in [3.63, 3.8) is 0 Å². The zero-order chi connectivity index (χ0) is 17.9. The number of ketones is 1. The number of methoxy groups -OCH3 is 1. The number of hydrogen-bond donors (Lipinski definition) is 0. The fraction of sp³-hybridized carbons (Fsp3) is 0.0417. The molecule has 0 unspecified atom stereocenters. The monoisotopic (exact) mass is 338 g/mol. The van der Waals surface area contributed by atoms with Gasteiger partial charge in [-0.2, -0.15) is 0 Å². The Kier molecular flexibility index (Phi) is 4.24. The Balaban J connectivity index is 1.59. The summed E-state index contributed by atoms with van der Waals surface area (Å²) in [6.07, 6.45) is 3.50. The molecule has 0 aliphatic heterocycles. The lowest BCUT2D eigenvalue weighted by Gasteiger charge is -2.03. The van der Waals surface area contributed by atoms with Gasteiger partial charge in [0.25, 0.3) is 0 Å². The first kappa shape index (κ1) is 16.1. The highest BCUT2D eigenvalue weighted by Crippen LogP contribution is 2.22. The predicted octanol–water partition coefficient (Wildman–Crippen LogP) is 5.90. The SMILES string of the molecule is COc1ccc2cc(/C=C/C(=O)c3ccc4ccccc4c3)ccc2c1. The lowest BCUT2D eigenvalue weighted by molar-refractivity contribution is 0.104. The van der Waals surface area contributed by atoms with E-state index < -0.39 is 0 Å². The smallest absolute Gasteiger partial charge is 0.185 e. The molecular weight excluding hydrogens is 320 g/mol. The second-order valence-electron chi connectivity index (χ2n) is 6.23. The van der Waals surface area contributed by atoms with Gasteiger partial charge in [0, 0.05) is 5.56 Å². The van der Waals surface area contributed by atoms with Crippen LogP contribution in [-0.2, 0) is 0 Å². The van der Waals surface area contributed by atoms with E-state index in [-0.39, 0.29) is 5.78 Å². The summed E-state index contributed by atoms with van der Waals surface area (Å²) in [5.74, 6) is 0.845. The Bertz CT molecular complexity index is 1140. The molecule has 0 amide bonds. The van der Waals surface area contributed by atoms with E-state index in [1.165, 1.54) is 0 Å². The van der Waals surface area contributed by atoms with E-state index in [1.807, 2.05) is 78.9 Å². The van der Waals surface area contributed by atoms with E-state index >= 15 is 0 Å². The summed E-state index contributed by atoms with van der Waals surface area (Å²) in [5.41, 5.74) is 1.70. The summed E-state index contributed by atoms with van der Waals surface area (Å²) in [6.45, 7) is 0. The number of fused-ring (bicyclic) bond motifs is 2. The first-order valence-electron chi connectivity index (χ1n) is 8.52. The summed E-state index contributed by atoms with van der Waals surface area (Å²) >= 11 is 0. The predicted molar refractivity (Wildman–Crippen MR) is 108 cm³/mol. The van der Waals surface area contributed by atoms with Gasteiger partial charge in [0.2, 0.25) is 0 Å². The molecule has 2 heteroatoms. The average Bonchev–Trinajstić information content (AvgIpc) is 2.71. The minimum atomic E-state index is 0.00517. The van der Waals surface area contributed by atoms with Crippen molar-refractivity contribution in [1.29, 1.82) is 0 Å². The zero-order valence-electron chi connectivity index (χ0n) is 14.5. The Morgan fingerprint density at radius 1 is 0.769 bits per heavy atom. The highest BCUT2D eigenvalue weighted by molar-refractivity contribution is 6.08. The Morgan fingerprint density at radius 3 is 2.31 bits per heavy atom. The van der Waals surface area contributed by atoms with Crippen LogP contribution in [0.3, 0.4) is 0 Å². The van der Waals surface area contributed by atoms with Crippen LogP contribution < -0.4 is 4.74 Å². The van der Waals surface area contributed by atoms with Gasteiger partial charge in [-0.1, -0.05) is 60.7 Å². The number of carbonyl (C=O) groups excluding carboxylic acids is 1. The van der Waals surface area contributed by atoms with Crippen LogP contribution in [0, 0.1) is 0 Å². The summed E-state index contributed by atoms with van der Waals surface area (Å²) in [6, 6.07) is 25.9. The van der Waals surface area contributed by atoms with E-state index in [9.17, 15) is 4.79 Å². The average molecular weight is 338 g/mol. The van der Waals surface area contributed by atoms with Crippen LogP contribution in [0.5, 0.6) is 5.75 Å². The van der Waals surface area contributed by atoms with Gasteiger partial charge in [0.05, 0.1) is 7.11 Å². The molecule has 0 bridgehead atoms. The maximum atomic E-state index is 12.5. The molecular formula is C24H18O2. The minimum Gasteiger partial charge on any atom is -0.497 e. The van der Waals surface area contributed by atoms with E-state index in [2.05, 4.69) is 6.07 Å². The standard InChI is InChI=1S/C24H18O2/c1-26-23-12-11-20-14-17(6-8-21(20)16-23)7-13-24(25)22-10-9-18-4-2-3-5-19(18)15-22/h2-16H,1H3/b13-7+. The number of ether oxygens (including phenoxy) is 1. The number of carbonyl (C=O) groups is 1. The lowest BCUT2D eigenvalue weighted by atomic mass is 10.0. The molecule has 126 valence electrons. The molecule has 0 saturated carbocycles. The van der Waals surface area contributed by atoms with Gasteiger partial charge < -0.3 is 4.74 Å². The van der Waals surface area contributed by atoms with E-state index in [0.29, 0.717) is 5.56 Å². The van der Waals surface area contributed by atoms with Gasteiger partial charge in [0.1, 0.15) is 5.75 Å². The molecule has 0 heterocycles. The summed E-state index contributed by atoms with van der Waals surface area (Å²) in [7, 11) is 1.66. The summed E-state index contributed by atoms with van der Waals surface area (Å²) in [5, 5.41) is 4.44. The fourth-order valence-electron chi connectivity index (χ4n) is 3.08.